The Hall–Kier alpha value is -1.44. The summed E-state index contributed by atoms with van der Waals surface area (Å²) in [6.07, 6.45) is 0.600. The third kappa shape index (κ3) is 3.25. The quantitative estimate of drug-likeness (QED) is 0.858. The maximum Gasteiger partial charge on any atom is 0.245 e. The van der Waals surface area contributed by atoms with Crippen molar-refractivity contribution < 1.29 is 12.8 Å². The standard InChI is InChI=1S/C14H17FN2O2S2/c1-10(9-11-5-4-8-20-11)17(2)21(18,19)13-7-3-6-12(15)14(13)16/h3-8,10H,9,16H2,1-2H3. The Morgan fingerprint density at radius 1 is 1.33 bits per heavy atom. The maximum absolute atomic E-state index is 13.5. The van der Waals surface area contributed by atoms with Gasteiger partial charge in [-0.3, -0.25) is 0 Å². The molecule has 21 heavy (non-hydrogen) atoms. The van der Waals surface area contributed by atoms with Crippen molar-refractivity contribution in [1.82, 2.24) is 4.31 Å². The molecular formula is C14H17FN2O2S2. The molecule has 0 aliphatic heterocycles. The van der Waals surface area contributed by atoms with Crippen molar-refractivity contribution in [2.24, 2.45) is 0 Å². The van der Waals surface area contributed by atoms with Crippen LogP contribution in [-0.4, -0.2) is 25.8 Å². The van der Waals surface area contributed by atoms with Crippen molar-refractivity contribution in [1.29, 1.82) is 0 Å². The van der Waals surface area contributed by atoms with Gasteiger partial charge in [-0.1, -0.05) is 12.1 Å². The molecule has 0 saturated heterocycles. The molecule has 0 aliphatic carbocycles. The first kappa shape index (κ1) is 15.9. The van der Waals surface area contributed by atoms with Crippen LogP contribution < -0.4 is 5.73 Å². The van der Waals surface area contributed by atoms with E-state index in [1.54, 1.807) is 11.3 Å². The molecule has 0 radical (unpaired) electrons. The van der Waals surface area contributed by atoms with Crippen LogP contribution in [0, 0.1) is 5.82 Å². The van der Waals surface area contributed by atoms with Crippen LogP contribution in [0.1, 0.15) is 11.8 Å². The molecule has 1 aromatic carbocycles. The second-order valence-corrected chi connectivity index (χ2v) is 7.80. The zero-order valence-corrected chi connectivity index (χ0v) is 13.4. The zero-order valence-electron chi connectivity index (χ0n) is 11.8. The van der Waals surface area contributed by atoms with Crippen LogP contribution in [-0.2, 0) is 16.4 Å². The summed E-state index contributed by atoms with van der Waals surface area (Å²) in [5, 5.41) is 1.95. The molecule has 0 spiro atoms. The number of nitrogens with two attached hydrogens (primary N) is 1. The van der Waals surface area contributed by atoms with Crippen molar-refractivity contribution in [2.45, 2.75) is 24.3 Å². The van der Waals surface area contributed by atoms with Gasteiger partial charge in [0.1, 0.15) is 10.7 Å². The molecule has 1 atom stereocenters. The lowest BCUT2D eigenvalue weighted by Crippen LogP contribution is -2.36. The molecule has 4 nitrogen and oxygen atoms in total. The number of sulfonamides is 1. The fourth-order valence-corrected chi connectivity index (χ4v) is 4.29. The average Bonchev–Trinajstić information content (AvgIpc) is 2.93. The third-order valence-electron chi connectivity index (χ3n) is 3.37. The maximum atomic E-state index is 13.5. The van der Waals surface area contributed by atoms with Crippen LogP contribution in [0.25, 0.3) is 0 Å². The second-order valence-electron chi connectivity index (χ2n) is 4.81. The van der Waals surface area contributed by atoms with Crippen LogP contribution in [0.4, 0.5) is 10.1 Å². The van der Waals surface area contributed by atoms with E-state index in [-0.39, 0.29) is 16.6 Å². The van der Waals surface area contributed by atoms with E-state index in [0.29, 0.717) is 6.42 Å². The van der Waals surface area contributed by atoms with Gasteiger partial charge in [0.15, 0.2) is 0 Å². The Kier molecular flexibility index (Phi) is 4.65. The van der Waals surface area contributed by atoms with E-state index in [4.69, 9.17) is 5.73 Å². The Morgan fingerprint density at radius 2 is 2.05 bits per heavy atom. The number of anilines is 1. The first-order valence-electron chi connectivity index (χ1n) is 6.38. The summed E-state index contributed by atoms with van der Waals surface area (Å²) >= 11 is 1.57. The SMILES string of the molecule is CC(Cc1cccs1)N(C)S(=O)(=O)c1cccc(F)c1N. The van der Waals surface area contributed by atoms with Gasteiger partial charge in [0.05, 0.1) is 5.69 Å². The van der Waals surface area contributed by atoms with Gasteiger partial charge in [-0.05, 0) is 36.9 Å². The largest absolute Gasteiger partial charge is 0.395 e. The fourth-order valence-electron chi connectivity index (χ4n) is 1.98. The molecule has 114 valence electrons. The molecule has 1 aromatic heterocycles. The van der Waals surface area contributed by atoms with Gasteiger partial charge >= 0.3 is 0 Å². The monoisotopic (exact) mass is 328 g/mol. The zero-order chi connectivity index (χ0) is 15.6. The molecule has 7 heteroatoms. The van der Waals surface area contributed by atoms with Gasteiger partial charge in [-0.2, -0.15) is 4.31 Å². The van der Waals surface area contributed by atoms with E-state index in [0.717, 1.165) is 10.9 Å². The normalized spacial score (nSPS) is 13.5. The molecule has 0 fully saturated rings. The van der Waals surface area contributed by atoms with Gasteiger partial charge in [0, 0.05) is 18.0 Å². The molecule has 0 bridgehead atoms. The van der Waals surface area contributed by atoms with Crippen molar-refractivity contribution >= 4 is 27.0 Å². The highest BCUT2D eigenvalue weighted by atomic mass is 32.2. The fraction of sp³-hybridized carbons (Fsp3) is 0.286. The minimum Gasteiger partial charge on any atom is -0.395 e. The molecule has 0 saturated carbocycles. The minimum atomic E-state index is -3.82. The summed E-state index contributed by atoms with van der Waals surface area (Å²) in [6, 6.07) is 7.43. The first-order chi connectivity index (χ1) is 9.84. The Balaban J connectivity index is 2.28. The predicted octanol–water partition coefficient (Wildman–Crippen LogP) is 2.72. The topological polar surface area (TPSA) is 63.4 Å². The third-order valence-corrected chi connectivity index (χ3v) is 6.30. The van der Waals surface area contributed by atoms with Crippen LogP contribution in [0.3, 0.4) is 0 Å². The summed E-state index contributed by atoms with van der Waals surface area (Å²) in [6.45, 7) is 1.81. The highest BCUT2D eigenvalue weighted by molar-refractivity contribution is 7.89. The van der Waals surface area contributed by atoms with Crippen molar-refractivity contribution in [3.05, 3.63) is 46.4 Å². The van der Waals surface area contributed by atoms with E-state index < -0.39 is 15.8 Å². The molecule has 2 aromatic rings. The van der Waals surface area contributed by atoms with Gasteiger partial charge in [0.25, 0.3) is 0 Å². The highest BCUT2D eigenvalue weighted by Gasteiger charge is 2.28. The lowest BCUT2D eigenvalue weighted by Gasteiger charge is -2.24. The number of benzene rings is 1. The summed E-state index contributed by atoms with van der Waals surface area (Å²) < 4.78 is 39.8. The Labute approximate surface area is 128 Å². The van der Waals surface area contributed by atoms with Gasteiger partial charge in [0.2, 0.25) is 10.0 Å². The van der Waals surface area contributed by atoms with Crippen molar-refractivity contribution in [2.75, 3.05) is 12.8 Å². The van der Waals surface area contributed by atoms with Crippen LogP contribution in [0.2, 0.25) is 0 Å². The smallest absolute Gasteiger partial charge is 0.245 e. The number of hydrogen-bond donors (Lipinski definition) is 1. The lowest BCUT2D eigenvalue weighted by atomic mass is 10.2. The minimum absolute atomic E-state index is 0.192. The number of para-hydroxylation sites is 1. The Bertz CT molecular complexity index is 715. The number of likely N-dealkylation sites (N-methyl/N-ethyl adjacent to an activating group) is 1. The van der Waals surface area contributed by atoms with Gasteiger partial charge in [-0.25, -0.2) is 12.8 Å². The number of halogens is 1. The molecule has 2 N–H and O–H groups in total. The van der Waals surface area contributed by atoms with E-state index in [1.807, 2.05) is 24.4 Å². The molecular weight excluding hydrogens is 311 g/mol. The summed E-state index contributed by atoms with van der Waals surface area (Å²) in [4.78, 5) is 0.903. The van der Waals surface area contributed by atoms with Crippen molar-refractivity contribution in [3.63, 3.8) is 0 Å². The lowest BCUT2D eigenvalue weighted by molar-refractivity contribution is 0.388. The molecule has 2 rings (SSSR count). The number of nitrogens with zero attached hydrogens (tertiary/aromatic N) is 1. The molecule has 0 aliphatic rings. The number of rotatable bonds is 5. The Morgan fingerprint density at radius 3 is 2.67 bits per heavy atom. The van der Waals surface area contributed by atoms with E-state index in [2.05, 4.69) is 0 Å². The van der Waals surface area contributed by atoms with Crippen LogP contribution >= 0.6 is 11.3 Å². The molecule has 1 unspecified atom stereocenters. The van der Waals surface area contributed by atoms with Crippen LogP contribution in [0.15, 0.2) is 40.6 Å². The van der Waals surface area contributed by atoms with Gasteiger partial charge < -0.3 is 5.73 Å². The highest BCUT2D eigenvalue weighted by Crippen LogP contribution is 2.26. The predicted molar refractivity (Wildman–Crippen MR) is 83.2 cm³/mol. The second kappa shape index (κ2) is 6.13. The first-order valence-corrected chi connectivity index (χ1v) is 8.70. The average molecular weight is 328 g/mol. The number of thiophene rings is 1. The molecule has 1 heterocycles. The van der Waals surface area contributed by atoms with Crippen LogP contribution in [0.5, 0.6) is 0 Å². The van der Waals surface area contributed by atoms with E-state index in [1.165, 1.54) is 23.5 Å². The van der Waals surface area contributed by atoms with Gasteiger partial charge in [-0.15, -0.1) is 11.3 Å². The molecule has 0 amide bonds. The van der Waals surface area contributed by atoms with E-state index >= 15 is 0 Å². The van der Waals surface area contributed by atoms with E-state index in [9.17, 15) is 12.8 Å². The number of nitrogen functional groups attached to an aromatic ring is 1. The number of hydrogen-bond acceptors (Lipinski definition) is 4. The van der Waals surface area contributed by atoms with Crippen molar-refractivity contribution in [3.8, 4) is 0 Å². The summed E-state index contributed by atoms with van der Waals surface area (Å²) in [7, 11) is -2.34. The summed E-state index contributed by atoms with van der Waals surface area (Å²) in [5.41, 5.74) is 5.22. The summed E-state index contributed by atoms with van der Waals surface area (Å²) in [5.74, 6) is -0.726.